The fourth-order valence-corrected chi connectivity index (χ4v) is 2.25. The monoisotopic (exact) mass is 319 g/mol. The highest BCUT2D eigenvalue weighted by Gasteiger charge is 2.03. The van der Waals surface area contributed by atoms with Gasteiger partial charge in [0.25, 0.3) is 0 Å². The molecular formula is C16H27Cl2NO. The van der Waals surface area contributed by atoms with Crippen molar-refractivity contribution < 1.29 is 4.74 Å². The molecule has 1 N–H and O–H groups in total. The minimum atomic E-state index is 0. The summed E-state index contributed by atoms with van der Waals surface area (Å²) < 4.78 is 5.60. The largest absolute Gasteiger partial charge is 0.494 e. The molecule has 0 amide bonds. The van der Waals surface area contributed by atoms with Crippen LogP contribution in [0, 0.1) is 0 Å². The van der Waals surface area contributed by atoms with Crippen molar-refractivity contribution in [3.05, 3.63) is 28.8 Å². The molecule has 4 heteroatoms. The van der Waals surface area contributed by atoms with Crippen molar-refractivity contribution in [1.29, 1.82) is 0 Å². The summed E-state index contributed by atoms with van der Waals surface area (Å²) in [5, 5.41) is 4.23. The van der Waals surface area contributed by atoms with Crippen LogP contribution in [0.4, 0.5) is 0 Å². The Morgan fingerprint density at radius 2 is 1.85 bits per heavy atom. The van der Waals surface area contributed by atoms with Crippen LogP contribution in [-0.4, -0.2) is 13.2 Å². The van der Waals surface area contributed by atoms with Crippen molar-refractivity contribution in [3.8, 4) is 5.75 Å². The zero-order chi connectivity index (χ0) is 13.9. The molecule has 0 bridgehead atoms. The second-order valence-corrected chi connectivity index (χ2v) is 5.21. The third-order valence-corrected chi connectivity index (χ3v) is 3.33. The molecule has 20 heavy (non-hydrogen) atoms. The maximum Gasteiger partial charge on any atom is 0.123 e. The predicted octanol–water partition coefficient (Wildman–Crippen LogP) is 5.22. The summed E-state index contributed by atoms with van der Waals surface area (Å²) in [6.45, 7) is 6.81. The molecule has 0 heterocycles. The van der Waals surface area contributed by atoms with Crippen LogP contribution in [0.1, 0.15) is 51.5 Å². The van der Waals surface area contributed by atoms with Crippen LogP contribution in [0.3, 0.4) is 0 Å². The van der Waals surface area contributed by atoms with Gasteiger partial charge < -0.3 is 10.1 Å². The highest BCUT2D eigenvalue weighted by Crippen LogP contribution is 2.22. The molecule has 0 aliphatic carbocycles. The molecule has 0 spiro atoms. The van der Waals surface area contributed by atoms with Crippen molar-refractivity contribution in [2.24, 2.45) is 0 Å². The molecule has 116 valence electrons. The lowest BCUT2D eigenvalue weighted by molar-refractivity contribution is 0.335. The Morgan fingerprint density at radius 3 is 2.55 bits per heavy atom. The number of benzene rings is 1. The van der Waals surface area contributed by atoms with Crippen LogP contribution in [0.2, 0.25) is 5.02 Å². The van der Waals surface area contributed by atoms with Crippen molar-refractivity contribution in [2.45, 2.75) is 52.5 Å². The first-order valence-corrected chi connectivity index (χ1v) is 7.77. The van der Waals surface area contributed by atoms with Crippen molar-refractivity contribution in [3.63, 3.8) is 0 Å². The van der Waals surface area contributed by atoms with Crippen LogP contribution in [0.15, 0.2) is 18.2 Å². The molecule has 0 aliphatic rings. The minimum absolute atomic E-state index is 0. The quantitative estimate of drug-likeness (QED) is 0.597. The van der Waals surface area contributed by atoms with Gasteiger partial charge in [0.15, 0.2) is 0 Å². The summed E-state index contributed by atoms with van der Waals surface area (Å²) in [6.07, 6.45) is 6.55. The third kappa shape index (κ3) is 7.98. The van der Waals surface area contributed by atoms with Gasteiger partial charge in [0.1, 0.15) is 5.75 Å². The molecule has 0 radical (unpaired) electrons. The molecule has 0 aromatic heterocycles. The molecule has 0 aliphatic heterocycles. The van der Waals surface area contributed by atoms with E-state index in [4.69, 9.17) is 16.3 Å². The van der Waals surface area contributed by atoms with Crippen LogP contribution in [-0.2, 0) is 6.54 Å². The number of halogens is 2. The first kappa shape index (κ1) is 19.6. The topological polar surface area (TPSA) is 21.3 Å². The van der Waals surface area contributed by atoms with E-state index in [-0.39, 0.29) is 12.4 Å². The van der Waals surface area contributed by atoms with Crippen LogP contribution >= 0.6 is 24.0 Å². The van der Waals surface area contributed by atoms with Gasteiger partial charge in [-0.25, -0.2) is 0 Å². The number of hydrogen-bond donors (Lipinski definition) is 1. The molecule has 1 aromatic rings. The third-order valence-electron chi connectivity index (χ3n) is 3.09. The van der Waals surface area contributed by atoms with Crippen molar-refractivity contribution in [2.75, 3.05) is 13.2 Å². The van der Waals surface area contributed by atoms with Crippen LogP contribution < -0.4 is 10.1 Å². The molecule has 0 atom stereocenters. The van der Waals surface area contributed by atoms with E-state index in [0.717, 1.165) is 29.4 Å². The molecule has 0 saturated heterocycles. The van der Waals surface area contributed by atoms with Gasteiger partial charge in [-0.2, -0.15) is 0 Å². The van der Waals surface area contributed by atoms with E-state index in [0.29, 0.717) is 6.61 Å². The van der Waals surface area contributed by atoms with E-state index in [1.54, 1.807) is 0 Å². The Balaban J connectivity index is 0.00000361. The Bertz CT molecular complexity index is 358. The van der Waals surface area contributed by atoms with Gasteiger partial charge in [0, 0.05) is 17.1 Å². The van der Waals surface area contributed by atoms with Gasteiger partial charge >= 0.3 is 0 Å². The minimum Gasteiger partial charge on any atom is -0.494 e. The second kappa shape index (κ2) is 12.3. The Labute approximate surface area is 134 Å². The average Bonchev–Trinajstić information content (AvgIpc) is 2.41. The van der Waals surface area contributed by atoms with E-state index in [2.05, 4.69) is 12.2 Å². The number of unbranched alkanes of at least 4 members (excludes halogenated alkanes) is 4. The van der Waals surface area contributed by atoms with Crippen molar-refractivity contribution in [1.82, 2.24) is 5.32 Å². The highest BCUT2D eigenvalue weighted by atomic mass is 35.5. The molecule has 2 nitrogen and oxygen atoms in total. The molecule has 1 aromatic carbocycles. The average molecular weight is 320 g/mol. The van der Waals surface area contributed by atoms with Crippen LogP contribution in [0.5, 0.6) is 5.75 Å². The number of ether oxygens (including phenoxy) is 1. The first-order chi connectivity index (χ1) is 9.27. The summed E-state index contributed by atoms with van der Waals surface area (Å²) in [7, 11) is 0. The van der Waals surface area contributed by atoms with Gasteiger partial charge in [-0.05, 0) is 38.1 Å². The first-order valence-electron chi connectivity index (χ1n) is 7.39. The zero-order valence-corrected chi connectivity index (χ0v) is 14.2. The Kier molecular flexibility index (Phi) is 12.0. The summed E-state index contributed by atoms with van der Waals surface area (Å²) >= 11 is 6.03. The molecular weight excluding hydrogens is 293 g/mol. The molecule has 0 unspecified atom stereocenters. The lowest BCUT2D eigenvalue weighted by Gasteiger charge is -2.11. The van der Waals surface area contributed by atoms with Crippen LogP contribution in [0.25, 0.3) is 0 Å². The summed E-state index contributed by atoms with van der Waals surface area (Å²) in [5.41, 5.74) is 1.14. The second-order valence-electron chi connectivity index (χ2n) is 4.78. The maximum absolute atomic E-state index is 6.03. The van der Waals surface area contributed by atoms with Gasteiger partial charge in [0.2, 0.25) is 0 Å². The van der Waals surface area contributed by atoms with Gasteiger partial charge in [-0.15, -0.1) is 12.4 Å². The molecule has 0 saturated carbocycles. The molecule has 0 fully saturated rings. The Hall–Kier alpha value is -0.440. The standard InChI is InChI=1S/C16H26ClNO.ClH/c1-3-5-6-7-8-11-18-13-14-12-15(17)9-10-16(14)19-4-2;/h9-10,12,18H,3-8,11,13H2,1-2H3;1H. The van der Waals surface area contributed by atoms with Gasteiger partial charge in [-0.3, -0.25) is 0 Å². The van der Waals surface area contributed by atoms with E-state index >= 15 is 0 Å². The van der Waals surface area contributed by atoms with E-state index in [9.17, 15) is 0 Å². The fraction of sp³-hybridized carbons (Fsp3) is 0.625. The Morgan fingerprint density at radius 1 is 1.10 bits per heavy atom. The predicted molar refractivity (Wildman–Crippen MR) is 90.3 cm³/mol. The van der Waals surface area contributed by atoms with Gasteiger partial charge in [-0.1, -0.05) is 44.2 Å². The van der Waals surface area contributed by atoms with Crippen molar-refractivity contribution >= 4 is 24.0 Å². The lowest BCUT2D eigenvalue weighted by Crippen LogP contribution is -2.15. The number of nitrogens with one attached hydrogen (secondary N) is 1. The number of hydrogen-bond acceptors (Lipinski definition) is 2. The zero-order valence-electron chi connectivity index (χ0n) is 12.6. The SMILES string of the molecule is CCCCCCCNCc1cc(Cl)ccc1OCC.Cl. The number of rotatable bonds is 10. The van der Waals surface area contributed by atoms with E-state index < -0.39 is 0 Å². The lowest BCUT2D eigenvalue weighted by atomic mass is 10.1. The van der Waals surface area contributed by atoms with Gasteiger partial charge in [0.05, 0.1) is 6.61 Å². The summed E-state index contributed by atoms with van der Waals surface area (Å²) in [5.74, 6) is 0.936. The van der Waals surface area contributed by atoms with E-state index in [1.165, 1.54) is 32.1 Å². The smallest absolute Gasteiger partial charge is 0.123 e. The maximum atomic E-state index is 6.03. The normalized spacial score (nSPS) is 10.2. The summed E-state index contributed by atoms with van der Waals surface area (Å²) in [4.78, 5) is 0. The summed E-state index contributed by atoms with van der Waals surface area (Å²) in [6, 6.07) is 5.81. The van der Waals surface area contributed by atoms with E-state index in [1.807, 2.05) is 25.1 Å². The molecule has 1 rings (SSSR count). The highest BCUT2D eigenvalue weighted by molar-refractivity contribution is 6.30. The fourth-order valence-electron chi connectivity index (χ4n) is 2.06.